The Morgan fingerprint density at radius 1 is 1.38 bits per heavy atom. The normalized spacial score (nSPS) is 28.4. The van der Waals surface area contributed by atoms with E-state index < -0.39 is 0 Å². The highest BCUT2D eigenvalue weighted by molar-refractivity contribution is 9.10. The summed E-state index contributed by atoms with van der Waals surface area (Å²) in [5.74, 6) is 0.824. The van der Waals surface area contributed by atoms with Gasteiger partial charge >= 0.3 is 0 Å². The minimum Gasteiger partial charge on any atom is -0.496 e. The molecule has 21 heavy (non-hydrogen) atoms. The molecule has 0 amide bonds. The molecular weight excluding hydrogens is 330 g/mol. The molecule has 3 N–H and O–H groups in total. The molecule has 3 nitrogen and oxygen atoms in total. The fraction of sp³-hybridized carbons (Fsp3) is 0.647. The van der Waals surface area contributed by atoms with Crippen molar-refractivity contribution >= 4 is 15.9 Å². The van der Waals surface area contributed by atoms with E-state index in [1.165, 1.54) is 5.56 Å². The summed E-state index contributed by atoms with van der Waals surface area (Å²) < 4.78 is 6.22. The van der Waals surface area contributed by atoms with E-state index >= 15 is 0 Å². The SMILES string of the molecule is COc1ccc(CC2(CN)CCCC(C)(C)C2O)cc1Br. The molecule has 1 aliphatic carbocycles. The van der Waals surface area contributed by atoms with Crippen LogP contribution in [0.15, 0.2) is 22.7 Å². The molecule has 0 radical (unpaired) electrons. The summed E-state index contributed by atoms with van der Waals surface area (Å²) in [6.45, 7) is 4.80. The van der Waals surface area contributed by atoms with Crippen LogP contribution in [-0.2, 0) is 6.42 Å². The second kappa shape index (κ2) is 6.27. The van der Waals surface area contributed by atoms with Gasteiger partial charge in [-0.25, -0.2) is 0 Å². The summed E-state index contributed by atoms with van der Waals surface area (Å²) in [4.78, 5) is 0. The van der Waals surface area contributed by atoms with E-state index in [0.717, 1.165) is 35.9 Å². The van der Waals surface area contributed by atoms with E-state index in [4.69, 9.17) is 10.5 Å². The van der Waals surface area contributed by atoms with E-state index in [9.17, 15) is 5.11 Å². The van der Waals surface area contributed by atoms with Crippen LogP contribution in [0.5, 0.6) is 5.75 Å². The first-order valence-corrected chi connectivity index (χ1v) is 8.34. The predicted molar refractivity (Wildman–Crippen MR) is 89.5 cm³/mol. The van der Waals surface area contributed by atoms with E-state index in [-0.39, 0.29) is 16.9 Å². The summed E-state index contributed by atoms with van der Waals surface area (Å²) in [6.07, 6.45) is 3.60. The first kappa shape index (κ1) is 16.8. The van der Waals surface area contributed by atoms with E-state index in [0.29, 0.717) is 6.54 Å². The van der Waals surface area contributed by atoms with Crippen LogP contribution in [0.4, 0.5) is 0 Å². The zero-order chi connectivity index (χ0) is 15.7. The fourth-order valence-corrected chi connectivity index (χ4v) is 4.28. The highest BCUT2D eigenvalue weighted by Gasteiger charge is 2.47. The molecule has 1 aromatic rings. The Morgan fingerprint density at radius 3 is 2.67 bits per heavy atom. The van der Waals surface area contributed by atoms with Gasteiger partial charge in [0.15, 0.2) is 0 Å². The molecule has 0 bridgehead atoms. The van der Waals surface area contributed by atoms with E-state index in [2.05, 4.69) is 41.9 Å². The topological polar surface area (TPSA) is 55.5 Å². The first-order valence-electron chi connectivity index (χ1n) is 7.55. The van der Waals surface area contributed by atoms with Gasteiger partial charge in [0.2, 0.25) is 0 Å². The predicted octanol–water partition coefficient (Wildman–Crippen LogP) is 3.52. The number of aliphatic hydroxyl groups excluding tert-OH is 1. The van der Waals surface area contributed by atoms with Crippen molar-refractivity contribution in [1.29, 1.82) is 0 Å². The van der Waals surface area contributed by atoms with Crippen molar-refractivity contribution in [3.8, 4) is 5.75 Å². The van der Waals surface area contributed by atoms with Crippen LogP contribution >= 0.6 is 15.9 Å². The van der Waals surface area contributed by atoms with Gasteiger partial charge in [0.05, 0.1) is 17.7 Å². The summed E-state index contributed by atoms with van der Waals surface area (Å²) >= 11 is 3.53. The lowest BCUT2D eigenvalue weighted by molar-refractivity contribution is -0.0884. The fourth-order valence-electron chi connectivity index (χ4n) is 3.70. The first-order chi connectivity index (χ1) is 9.84. The van der Waals surface area contributed by atoms with Crippen LogP contribution in [0, 0.1) is 10.8 Å². The van der Waals surface area contributed by atoms with Crippen molar-refractivity contribution in [2.45, 2.75) is 45.6 Å². The smallest absolute Gasteiger partial charge is 0.133 e. The van der Waals surface area contributed by atoms with Crippen LogP contribution in [0.2, 0.25) is 0 Å². The van der Waals surface area contributed by atoms with Crippen molar-refractivity contribution in [2.75, 3.05) is 13.7 Å². The maximum absolute atomic E-state index is 10.9. The van der Waals surface area contributed by atoms with Crippen LogP contribution in [0.1, 0.15) is 38.7 Å². The Morgan fingerprint density at radius 2 is 2.10 bits per heavy atom. The van der Waals surface area contributed by atoms with Crippen LogP contribution in [-0.4, -0.2) is 24.9 Å². The number of halogens is 1. The van der Waals surface area contributed by atoms with Gasteiger partial charge in [-0.3, -0.25) is 0 Å². The van der Waals surface area contributed by atoms with Crippen molar-refractivity contribution in [1.82, 2.24) is 0 Å². The molecular formula is C17H26BrNO2. The Kier molecular flexibility index (Phi) is 5.01. The molecule has 0 heterocycles. The zero-order valence-electron chi connectivity index (χ0n) is 13.2. The van der Waals surface area contributed by atoms with Crippen molar-refractivity contribution in [3.63, 3.8) is 0 Å². The molecule has 0 aromatic heterocycles. The Balaban J connectivity index is 2.28. The van der Waals surface area contributed by atoms with Crippen LogP contribution in [0.25, 0.3) is 0 Å². The van der Waals surface area contributed by atoms with Gasteiger partial charge < -0.3 is 15.6 Å². The lowest BCUT2D eigenvalue weighted by Crippen LogP contribution is -2.53. The van der Waals surface area contributed by atoms with Crippen LogP contribution in [0.3, 0.4) is 0 Å². The molecule has 0 saturated heterocycles. The summed E-state index contributed by atoms with van der Waals surface area (Å²) in [6, 6.07) is 6.10. The minimum atomic E-state index is -0.371. The lowest BCUT2D eigenvalue weighted by atomic mass is 9.59. The number of ether oxygens (including phenoxy) is 1. The third kappa shape index (κ3) is 3.27. The molecule has 1 aromatic carbocycles. The van der Waals surface area contributed by atoms with E-state index in [1.54, 1.807) is 7.11 Å². The van der Waals surface area contributed by atoms with Crippen molar-refractivity contribution < 1.29 is 9.84 Å². The Bertz CT molecular complexity index is 504. The highest BCUT2D eigenvalue weighted by atomic mass is 79.9. The average Bonchev–Trinajstić information content (AvgIpc) is 2.44. The molecule has 2 unspecified atom stereocenters. The molecule has 2 atom stereocenters. The number of hydrogen-bond donors (Lipinski definition) is 2. The average molecular weight is 356 g/mol. The number of rotatable bonds is 4. The molecule has 2 rings (SSSR count). The molecule has 0 spiro atoms. The molecule has 1 saturated carbocycles. The standard InChI is InChI=1S/C17H26BrNO2/c1-16(2)7-4-8-17(11-19,15(16)20)10-12-5-6-14(21-3)13(18)9-12/h5-6,9,15,20H,4,7-8,10-11,19H2,1-3H3. The van der Waals surface area contributed by atoms with Crippen molar-refractivity contribution in [3.05, 3.63) is 28.2 Å². The Hall–Kier alpha value is -0.580. The number of nitrogens with two attached hydrogens (primary N) is 1. The minimum absolute atomic E-state index is 0.0681. The van der Waals surface area contributed by atoms with Gasteiger partial charge in [-0.2, -0.15) is 0 Å². The maximum atomic E-state index is 10.9. The monoisotopic (exact) mass is 355 g/mol. The van der Waals surface area contributed by atoms with Gasteiger partial charge in [-0.1, -0.05) is 26.3 Å². The van der Waals surface area contributed by atoms with Gasteiger partial charge in [-0.15, -0.1) is 0 Å². The lowest BCUT2D eigenvalue weighted by Gasteiger charge is -2.49. The zero-order valence-corrected chi connectivity index (χ0v) is 14.7. The second-order valence-corrected chi connectivity index (χ2v) is 7.81. The summed E-state index contributed by atoms with van der Waals surface area (Å²) in [5, 5.41) is 10.9. The van der Waals surface area contributed by atoms with Crippen molar-refractivity contribution in [2.24, 2.45) is 16.6 Å². The maximum Gasteiger partial charge on any atom is 0.133 e. The molecule has 118 valence electrons. The molecule has 1 fully saturated rings. The second-order valence-electron chi connectivity index (χ2n) is 6.96. The largest absolute Gasteiger partial charge is 0.496 e. The molecule has 0 aliphatic heterocycles. The van der Waals surface area contributed by atoms with Crippen LogP contribution < -0.4 is 10.5 Å². The van der Waals surface area contributed by atoms with Gasteiger partial charge in [0.1, 0.15) is 5.75 Å². The van der Waals surface area contributed by atoms with Gasteiger partial charge in [0, 0.05) is 12.0 Å². The molecule has 4 heteroatoms. The molecule has 1 aliphatic rings. The van der Waals surface area contributed by atoms with E-state index in [1.807, 2.05) is 6.07 Å². The quantitative estimate of drug-likeness (QED) is 0.868. The highest BCUT2D eigenvalue weighted by Crippen LogP contribution is 2.47. The number of hydrogen-bond acceptors (Lipinski definition) is 3. The Labute approximate surface area is 136 Å². The third-order valence-electron chi connectivity index (χ3n) is 4.99. The summed E-state index contributed by atoms with van der Waals surface area (Å²) in [5.41, 5.74) is 6.99. The van der Waals surface area contributed by atoms with Gasteiger partial charge in [-0.05, 0) is 58.3 Å². The van der Waals surface area contributed by atoms with Gasteiger partial charge in [0.25, 0.3) is 0 Å². The number of aliphatic hydroxyl groups is 1. The summed E-state index contributed by atoms with van der Waals surface area (Å²) in [7, 11) is 1.66. The third-order valence-corrected chi connectivity index (χ3v) is 5.61. The number of benzene rings is 1. The number of methoxy groups -OCH3 is 1.